The number of carbonyl (C=O) groups excluding carboxylic acids is 2. The van der Waals surface area contributed by atoms with E-state index in [1.54, 1.807) is 48.2 Å². The van der Waals surface area contributed by atoms with E-state index in [0.29, 0.717) is 28.4 Å². The largest absolute Gasteiger partial charge is 0.375 e. The molecule has 7 heteroatoms. The molecular weight excluding hydrogens is 474 g/mol. The maximum Gasteiger partial charge on any atom is 0.264 e. The van der Waals surface area contributed by atoms with E-state index in [1.807, 2.05) is 23.6 Å². The molecule has 0 saturated heterocycles. The molecule has 1 N–H and O–H groups in total. The molecule has 1 aromatic heterocycles. The van der Waals surface area contributed by atoms with Crippen molar-refractivity contribution < 1.29 is 14.7 Å². The Morgan fingerprint density at radius 2 is 1.97 bits per heavy atom. The van der Waals surface area contributed by atoms with Gasteiger partial charge in [0, 0.05) is 25.5 Å². The molecule has 2 aromatic carbocycles. The number of nitrogens with zero attached hydrogens (tertiary/aromatic N) is 1. The second kappa shape index (κ2) is 7.69. The molecule has 0 fully saturated rings. The Kier molecular flexibility index (Phi) is 5.38. The fraction of sp³-hybridized carbons (Fsp3) is 0.182. The van der Waals surface area contributed by atoms with Gasteiger partial charge in [-0.25, -0.2) is 0 Å². The van der Waals surface area contributed by atoms with E-state index >= 15 is 0 Å². The predicted octanol–water partition coefficient (Wildman–Crippen LogP) is 5.42. The standard InChI is InChI=1S/C22H17BrClNO3S/c1-13(20(26)14-4-7-16(24)8-5-14)22(28)18-11-15(23)6-9-19(18)25(21(22)27)12-17-3-2-10-29-17/h2-11,13,28H,12H2,1H3. The van der Waals surface area contributed by atoms with Crippen molar-refractivity contribution in [1.29, 1.82) is 0 Å². The van der Waals surface area contributed by atoms with Crippen LogP contribution in [0.4, 0.5) is 5.69 Å². The first-order valence-electron chi connectivity index (χ1n) is 8.99. The number of fused-ring (bicyclic) bond motifs is 1. The zero-order valence-corrected chi connectivity index (χ0v) is 18.6. The number of ketones is 1. The van der Waals surface area contributed by atoms with Crippen LogP contribution in [0.2, 0.25) is 5.02 Å². The lowest BCUT2D eigenvalue weighted by Gasteiger charge is -2.28. The van der Waals surface area contributed by atoms with Crippen molar-refractivity contribution in [2.24, 2.45) is 5.92 Å². The zero-order valence-electron chi connectivity index (χ0n) is 15.4. The van der Waals surface area contributed by atoms with Crippen LogP contribution >= 0.6 is 38.9 Å². The van der Waals surface area contributed by atoms with Gasteiger partial charge in [-0.1, -0.05) is 40.5 Å². The summed E-state index contributed by atoms with van der Waals surface area (Å²) in [5.74, 6) is -1.78. The third-order valence-electron chi connectivity index (χ3n) is 5.27. The van der Waals surface area contributed by atoms with Crippen molar-refractivity contribution in [3.8, 4) is 0 Å². The van der Waals surface area contributed by atoms with Crippen molar-refractivity contribution in [1.82, 2.24) is 0 Å². The first kappa shape index (κ1) is 20.3. The number of carbonyl (C=O) groups is 2. The molecule has 0 spiro atoms. The number of aliphatic hydroxyl groups is 1. The summed E-state index contributed by atoms with van der Waals surface area (Å²) in [5.41, 5.74) is -0.503. The second-order valence-corrected chi connectivity index (χ2v) is 9.38. The minimum absolute atomic E-state index is 0.318. The Labute approximate surface area is 185 Å². The number of amides is 1. The topological polar surface area (TPSA) is 57.6 Å². The molecule has 4 rings (SSSR count). The monoisotopic (exact) mass is 489 g/mol. The van der Waals surface area contributed by atoms with Crippen molar-refractivity contribution in [3.05, 3.63) is 85.5 Å². The molecule has 4 nitrogen and oxygen atoms in total. The molecule has 29 heavy (non-hydrogen) atoms. The van der Waals surface area contributed by atoms with Crippen LogP contribution in [-0.4, -0.2) is 16.8 Å². The van der Waals surface area contributed by atoms with Crippen LogP contribution < -0.4 is 4.90 Å². The van der Waals surface area contributed by atoms with Crippen molar-refractivity contribution in [3.63, 3.8) is 0 Å². The Morgan fingerprint density at radius 3 is 2.62 bits per heavy atom. The molecule has 0 saturated carbocycles. The predicted molar refractivity (Wildman–Crippen MR) is 118 cm³/mol. The molecular formula is C22H17BrClNO3S. The van der Waals surface area contributed by atoms with Gasteiger partial charge in [0.2, 0.25) is 0 Å². The van der Waals surface area contributed by atoms with Gasteiger partial charge in [0.25, 0.3) is 5.91 Å². The van der Waals surface area contributed by atoms with Crippen LogP contribution in [0.5, 0.6) is 0 Å². The molecule has 0 radical (unpaired) electrons. The Hall–Kier alpha value is -1.99. The fourth-order valence-electron chi connectivity index (χ4n) is 3.67. The summed E-state index contributed by atoms with van der Waals surface area (Å²) in [6.45, 7) is 1.93. The number of anilines is 1. The van der Waals surface area contributed by atoms with Gasteiger partial charge in [-0.05, 0) is 53.9 Å². The van der Waals surface area contributed by atoms with Crippen LogP contribution in [0.3, 0.4) is 0 Å². The highest BCUT2D eigenvalue weighted by atomic mass is 79.9. The average Bonchev–Trinajstić information content (AvgIpc) is 3.30. The van der Waals surface area contributed by atoms with Crippen LogP contribution in [0.25, 0.3) is 0 Å². The number of hydrogen-bond donors (Lipinski definition) is 1. The van der Waals surface area contributed by atoms with Crippen LogP contribution in [0.15, 0.2) is 64.5 Å². The highest BCUT2D eigenvalue weighted by Crippen LogP contribution is 2.47. The van der Waals surface area contributed by atoms with E-state index in [-0.39, 0.29) is 5.78 Å². The molecule has 0 aliphatic carbocycles. The summed E-state index contributed by atoms with van der Waals surface area (Å²) >= 11 is 10.9. The molecule has 2 unspecified atom stereocenters. The highest BCUT2D eigenvalue weighted by Gasteiger charge is 2.55. The fourth-order valence-corrected chi connectivity index (χ4v) is 4.85. The SMILES string of the molecule is CC(C(=O)c1ccc(Cl)cc1)C1(O)C(=O)N(Cc2cccs2)c2ccc(Br)cc21. The van der Waals surface area contributed by atoms with Gasteiger partial charge in [0.15, 0.2) is 11.4 Å². The van der Waals surface area contributed by atoms with E-state index in [0.717, 1.165) is 9.35 Å². The maximum atomic E-state index is 13.4. The third kappa shape index (κ3) is 3.44. The zero-order chi connectivity index (χ0) is 20.8. The van der Waals surface area contributed by atoms with E-state index in [9.17, 15) is 14.7 Å². The third-order valence-corrected chi connectivity index (χ3v) is 6.88. The van der Waals surface area contributed by atoms with Crippen LogP contribution in [-0.2, 0) is 16.9 Å². The highest BCUT2D eigenvalue weighted by molar-refractivity contribution is 9.10. The van der Waals surface area contributed by atoms with Gasteiger partial charge in [-0.2, -0.15) is 0 Å². The van der Waals surface area contributed by atoms with Crippen molar-refractivity contribution in [2.75, 3.05) is 4.90 Å². The Bertz CT molecular complexity index is 1080. The summed E-state index contributed by atoms with van der Waals surface area (Å²) in [6.07, 6.45) is 0. The maximum absolute atomic E-state index is 13.4. The van der Waals surface area contributed by atoms with E-state index < -0.39 is 17.4 Å². The quantitative estimate of drug-likeness (QED) is 0.486. The molecule has 1 amide bonds. The Balaban J connectivity index is 1.77. The minimum atomic E-state index is -1.95. The number of Topliss-reactive ketones (excluding diaryl/α,β-unsaturated/α-hetero) is 1. The van der Waals surface area contributed by atoms with E-state index in [2.05, 4.69) is 15.9 Å². The smallest absolute Gasteiger partial charge is 0.264 e. The number of hydrogen-bond acceptors (Lipinski definition) is 4. The summed E-state index contributed by atoms with van der Waals surface area (Å²) < 4.78 is 0.728. The van der Waals surface area contributed by atoms with Gasteiger partial charge < -0.3 is 10.0 Å². The van der Waals surface area contributed by atoms with E-state index in [4.69, 9.17) is 11.6 Å². The lowest BCUT2D eigenvalue weighted by molar-refractivity contribution is -0.139. The molecule has 1 aliphatic heterocycles. The van der Waals surface area contributed by atoms with Gasteiger partial charge in [-0.15, -0.1) is 11.3 Å². The van der Waals surface area contributed by atoms with Crippen LogP contribution in [0, 0.1) is 5.92 Å². The summed E-state index contributed by atoms with van der Waals surface area (Å²) in [6, 6.07) is 15.6. The molecule has 3 aromatic rings. The minimum Gasteiger partial charge on any atom is -0.375 e. The van der Waals surface area contributed by atoms with E-state index in [1.165, 1.54) is 11.3 Å². The second-order valence-electron chi connectivity index (χ2n) is 6.99. The average molecular weight is 491 g/mol. The summed E-state index contributed by atoms with van der Waals surface area (Å²) in [4.78, 5) is 29.1. The normalized spacial score (nSPS) is 19.3. The molecule has 0 bridgehead atoms. The van der Waals surface area contributed by atoms with Gasteiger partial charge >= 0.3 is 0 Å². The van der Waals surface area contributed by atoms with Crippen molar-refractivity contribution in [2.45, 2.75) is 19.1 Å². The molecule has 2 heterocycles. The number of thiophene rings is 1. The van der Waals surface area contributed by atoms with Crippen molar-refractivity contribution >= 4 is 56.2 Å². The number of benzene rings is 2. The summed E-state index contributed by atoms with van der Waals surface area (Å²) in [5, 5.41) is 14.1. The lowest BCUT2D eigenvalue weighted by atomic mass is 9.79. The number of halogens is 2. The lowest BCUT2D eigenvalue weighted by Crippen LogP contribution is -2.47. The number of rotatable bonds is 5. The van der Waals surface area contributed by atoms with Gasteiger partial charge in [-0.3, -0.25) is 9.59 Å². The Morgan fingerprint density at radius 1 is 1.24 bits per heavy atom. The summed E-state index contributed by atoms with van der Waals surface area (Å²) in [7, 11) is 0. The van der Waals surface area contributed by atoms with Gasteiger partial charge in [0.05, 0.1) is 18.2 Å². The van der Waals surface area contributed by atoms with Crippen LogP contribution in [0.1, 0.15) is 27.7 Å². The van der Waals surface area contributed by atoms with Gasteiger partial charge in [0.1, 0.15) is 0 Å². The first-order chi connectivity index (χ1) is 13.8. The molecule has 1 aliphatic rings. The molecule has 148 valence electrons. The first-order valence-corrected chi connectivity index (χ1v) is 11.0. The molecule has 2 atom stereocenters.